The van der Waals surface area contributed by atoms with Crippen molar-refractivity contribution in [2.45, 2.75) is 0 Å². The van der Waals surface area contributed by atoms with E-state index in [1.807, 2.05) is 6.07 Å². The zero-order chi connectivity index (χ0) is 14.2. The Morgan fingerprint density at radius 1 is 1.45 bits per heavy atom. The van der Waals surface area contributed by atoms with Gasteiger partial charge in [0.2, 0.25) is 0 Å². The summed E-state index contributed by atoms with van der Waals surface area (Å²) in [4.78, 5) is 17.6. The monoisotopic (exact) mass is 280 g/mol. The number of carbonyl (C=O) groups is 1. The molecule has 0 saturated carbocycles. The predicted molar refractivity (Wildman–Crippen MR) is 76.0 cm³/mol. The van der Waals surface area contributed by atoms with Crippen molar-refractivity contribution in [3.8, 4) is 0 Å². The van der Waals surface area contributed by atoms with Crippen LogP contribution < -0.4 is 10.6 Å². The molecule has 7 nitrogen and oxygen atoms in total. The molecule has 1 amide bonds. The molecule has 0 bridgehead atoms. The van der Waals surface area contributed by atoms with E-state index < -0.39 is 6.09 Å². The highest BCUT2D eigenvalue weighted by Gasteiger charge is 2.09. The second kappa shape index (κ2) is 7.66. The van der Waals surface area contributed by atoms with Gasteiger partial charge in [0.1, 0.15) is 5.82 Å². The zero-order valence-corrected chi connectivity index (χ0v) is 11.6. The molecule has 0 spiro atoms. The van der Waals surface area contributed by atoms with Gasteiger partial charge in [-0.25, -0.2) is 9.78 Å². The van der Waals surface area contributed by atoms with Gasteiger partial charge in [-0.05, 0) is 12.1 Å². The molecule has 1 saturated heterocycles. The molecule has 1 aliphatic heterocycles. The fourth-order valence-corrected chi connectivity index (χ4v) is 1.91. The topological polar surface area (TPSA) is 75.7 Å². The van der Waals surface area contributed by atoms with E-state index in [1.165, 1.54) is 7.11 Å². The third kappa shape index (κ3) is 4.67. The van der Waals surface area contributed by atoms with E-state index in [0.717, 1.165) is 45.2 Å². The summed E-state index contributed by atoms with van der Waals surface area (Å²) in [6, 6.07) is 3.60. The Balaban J connectivity index is 1.71. The number of hydrogen-bond donors (Lipinski definition) is 2. The molecule has 20 heavy (non-hydrogen) atoms. The molecule has 0 radical (unpaired) electrons. The summed E-state index contributed by atoms with van der Waals surface area (Å²) in [7, 11) is 1.32. The van der Waals surface area contributed by atoms with Crippen LogP contribution in [0.5, 0.6) is 0 Å². The summed E-state index contributed by atoms with van der Waals surface area (Å²) < 4.78 is 9.81. The highest BCUT2D eigenvalue weighted by molar-refractivity contribution is 5.84. The average Bonchev–Trinajstić information content (AvgIpc) is 2.50. The number of nitrogens with one attached hydrogen (secondary N) is 2. The first kappa shape index (κ1) is 14.5. The number of rotatable bonds is 5. The Hall–Kier alpha value is -1.86. The summed E-state index contributed by atoms with van der Waals surface area (Å²) in [5, 5.41) is 5.80. The third-order valence-electron chi connectivity index (χ3n) is 3.03. The van der Waals surface area contributed by atoms with E-state index in [9.17, 15) is 4.79 Å². The van der Waals surface area contributed by atoms with Crippen molar-refractivity contribution in [1.82, 2.24) is 9.88 Å². The van der Waals surface area contributed by atoms with Crippen molar-refractivity contribution in [2.24, 2.45) is 0 Å². The van der Waals surface area contributed by atoms with Gasteiger partial charge in [0.25, 0.3) is 0 Å². The molecule has 0 aliphatic carbocycles. The van der Waals surface area contributed by atoms with Gasteiger partial charge in [-0.15, -0.1) is 0 Å². The largest absolute Gasteiger partial charge is 0.453 e. The van der Waals surface area contributed by atoms with Crippen LogP contribution >= 0.6 is 0 Å². The summed E-state index contributed by atoms with van der Waals surface area (Å²) in [6.07, 6.45) is 1.09. The van der Waals surface area contributed by atoms with Gasteiger partial charge in [-0.1, -0.05) is 0 Å². The molecular formula is C13H20N4O3. The number of pyridine rings is 1. The van der Waals surface area contributed by atoms with Gasteiger partial charge >= 0.3 is 6.09 Å². The number of hydrogen-bond acceptors (Lipinski definition) is 6. The van der Waals surface area contributed by atoms with Crippen molar-refractivity contribution in [1.29, 1.82) is 0 Å². The Morgan fingerprint density at radius 2 is 2.25 bits per heavy atom. The van der Waals surface area contributed by atoms with E-state index in [-0.39, 0.29) is 0 Å². The van der Waals surface area contributed by atoms with Gasteiger partial charge in [-0.2, -0.15) is 0 Å². The number of anilines is 2. The second-order valence-electron chi connectivity index (χ2n) is 4.43. The maximum absolute atomic E-state index is 11.0. The van der Waals surface area contributed by atoms with Gasteiger partial charge in [0, 0.05) is 26.2 Å². The lowest BCUT2D eigenvalue weighted by Crippen LogP contribution is -2.39. The lowest BCUT2D eigenvalue weighted by Gasteiger charge is -2.26. The maximum Gasteiger partial charge on any atom is 0.411 e. The Bertz CT molecular complexity index is 418. The molecule has 2 N–H and O–H groups in total. The zero-order valence-electron chi connectivity index (χ0n) is 11.6. The van der Waals surface area contributed by atoms with Crippen LogP contribution in [0.4, 0.5) is 16.3 Å². The molecular weight excluding hydrogens is 260 g/mol. The Labute approximate surface area is 118 Å². The van der Waals surface area contributed by atoms with E-state index in [0.29, 0.717) is 5.69 Å². The molecule has 1 aromatic rings. The first-order valence-corrected chi connectivity index (χ1v) is 6.63. The quantitative estimate of drug-likeness (QED) is 0.838. The van der Waals surface area contributed by atoms with E-state index in [2.05, 4.69) is 25.3 Å². The standard InChI is InChI=1S/C13H20N4O3/c1-19-13(18)16-11-2-3-12(15-10-11)14-4-5-17-6-8-20-9-7-17/h2-3,10H,4-9H2,1H3,(H,14,15)(H,16,18). The molecule has 0 aromatic carbocycles. The number of nitrogens with zero attached hydrogens (tertiary/aromatic N) is 2. The van der Waals surface area contributed by atoms with Crippen LogP contribution in [0.1, 0.15) is 0 Å². The molecule has 1 fully saturated rings. The summed E-state index contributed by atoms with van der Waals surface area (Å²) in [5.41, 5.74) is 0.607. The van der Waals surface area contributed by atoms with Crippen molar-refractivity contribution in [3.63, 3.8) is 0 Å². The van der Waals surface area contributed by atoms with Gasteiger partial charge in [0.15, 0.2) is 0 Å². The Kier molecular flexibility index (Phi) is 5.57. The summed E-state index contributed by atoms with van der Waals surface area (Å²) in [6.45, 7) is 5.39. The molecule has 0 atom stereocenters. The van der Waals surface area contributed by atoms with Gasteiger partial charge < -0.3 is 14.8 Å². The Morgan fingerprint density at radius 3 is 2.90 bits per heavy atom. The normalized spacial score (nSPS) is 15.7. The number of ether oxygens (including phenoxy) is 2. The minimum Gasteiger partial charge on any atom is -0.453 e. The van der Waals surface area contributed by atoms with Crippen molar-refractivity contribution in [3.05, 3.63) is 18.3 Å². The van der Waals surface area contributed by atoms with E-state index in [4.69, 9.17) is 4.74 Å². The molecule has 110 valence electrons. The van der Waals surface area contributed by atoms with Crippen LogP contribution in [0, 0.1) is 0 Å². The number of methoxy groups -OCH3 is 1. The van der Waals surface area contributed by atoms with Crippen LogP contribution in [0.3, 0.4) is 0 Å². The fourth-order valence-electron chi connectivity index (χ4n) is 1.91. The van der Waals surface area contributed by atoms with Crippen molar-refractivity contribution < 1.29 is 14.3 Å². The molecule has 2 rings (SSSR count). The molecule has 2 heterocycles. The van der Waals surface area contributed by atoms with Crippen molar-refractivity contribution in [2.75, 3.05) is 57.1 Å². The molecule has 7 heteroatoms. The smallest absolute Gasteiger partial charge is 0.411 e. The van der Waals surface area contributed by atoms with E-state index in [1.54, 1.807) is 12.3 Å². The fraction of sp³-hybridized carbons (Fsp3) is 0.538. The van der Waals surface area contributed by atoms with Gasteiger partial charge in [-0.3, -0.25) is 10.2 Å². The van der Waals surface area contributed by atoms with Crippen molar-refractivity contribution >= 4 is 17.6 Å². The summed E-state index contributed by atoms with van der Waals surface area (Å²) in [5.74, 6) is 0.786. The van der Waals surface area contributed by atoms with Crippen LogP contribution in [0.15, 0.2) is 18.3 Å². The first-order valence-electron chi connectivity index (χ1n) is 6.63. The third-order valence-corrected chi connectivity index (χ3v) is 3.03. The highest BCUT2D eigenvalue weighted by atomic mass is 16.5. The number of carbonyl (C=O) groups excluding carboxylic acids is 1. The first-order chi connectivity index (χ1) is 9.78. The minimum atomic E-state index is -0.500. The predicted octanol–water partition coefficient (Wildman–Crippen LogP) is 1.00. The van der Waals surface area contributed by atoms with Crippen LogP contribution in [0.25, 0.3) is 0 Å². The highest BCUT2D eigenvalue weighted by Crippen LogP contribution is 2.09. The van der Waals surface area contributed by atoms with Crippen LogP contribution in [0.2, 0.25) is 0 Å². The van der Waals surface area contributed by atoms with Crippen LogP contribution in [-0.2, 0) is 9.47 Å². The number of aromatic nitrogens is 1. The molecule has 1 aliphatic rings. The molecule has 0 unspecified atom stereocenters. The van der Waals surface area contributed by atoms with E-state index >= 15 is 0 Å². The second-order valence-corrected chi connectivity index (χ2v) is 4.43. The van der Waals surface area contributed by atoms with Crippen LogP contribution in [-0.4, -0.2) is 62.5 Å². The van der Waals surface area contributed by atoms with Gasteiger partial charge in [0.05, 0.1) is 32.2 Å². The SMILES string of the molecule is COC(=O)Nc1ccc(NCCN2CCOCC2)nc1. The maximum atomic E-state index is 11.0. The minimum absolute atomic E-state index is 0.500. The summed E-state index contributed by atoms with van der Waals surface area (Å²) >= 11 is 0. The number of morpholine rings is 1. The number of amides is 1. The molecule has 1 aromatic heterocycles. The lowest BCUT2D eigenvalue weighted by atomic mass is 10.4. The lowest BCUT2D eigenvalue weighted by molar-refractivity contribution is 0.0398. The average molecular weight is 280 g/mol.